The van der Waals surface area contributed by atoms with Gasteiger partial charge >= 0.3 is 5.97 Å². The van der Waals surface area contributed by atoms with Crippen LogP contribution in [0.25, 0.3) is 0 Å². The van der Waals surface area contributed by atoms with Crippen LogP contribution in [0.2, 0.25) is 0 Å². The van der Waals surface area contributed by atoms with E-state index in [0.717, 1.165) is 11.3 Å². The van der Waals surface area contributed by atoms with Gasteiger partial charge in [-0.1, -0.05) is 18.2 Å². The van der Waals surface area contributed by atoms with Gasteiger partial charge in [-0.05, 0) is 24.3 Å². The molecule has 1 aromatic heterocycles. The first-order valence-corrected chi connectivity index (χ1v) is 11.6. The number of benzene rings is 2. The van der Waals surface area contributed by atoms with E-state index in [1.807, 2.05) is 0 Å². The number of sulfonamides is 1. The number of esters is 1. The Kier molecular flexibility index (Phi) is 7.46. The summed E-state index contributed by atoms with van der Waals surface area (Å²) in [6.45, 7) is 0.161. The normalized spacial score (nSPS) is 11.3. The Labute approximate surface area is 190 Å². The second-order valence-electron chi connectivity index (χ2n) is 6.47. The molecule has 174 valence electrons. The number of nitrogens with one attached hydrogen (secondary N) is 1. The molecule has 0 fully saturated rings. The number of amides is 1. The summed E-state index contributed by atoms with van der Waals surface area (Å²) in [4.78, 5) is 28.4. The predicted molar refractivity (Wildman–Crippen MR) is 113 cm³/mol. The minimum absolute atomic E-state index is 0.280. The molecule has 0 saturated carbocycles. The molecule has 0 radical (unpaired) electrons. The second kappa shape index (κ2) is 10.1. The number of thiazole rings is 1. The number of hydrogen-bond acceptors (Lipinski definition) is 7. The third kappa shape index (κ3) is 5.74. The van der Waals surface area contributed by atoms with E-state index in [2.05, 4.69) is 4.98 Å². The van der Waals surface area contributed by atoms with Gasteiger partial charge in [0.2, 0.25) is 15.9 Å². The lowest BCUT2D eigenvalue weighted by Gasteiger charge is -2.17. The Morgan fingerprint density at radius 2 is 1.79 bits per heavy atom. The van der Waals surface area contributed by atoms with E-state index < -0.39 is 44.9 Å². The maximum absolute atomic E-state index is 13.7. The Morgan fingerprint density at radius 3 is 2.45 bits per heavy atom. The monoisotopic (exact) mass is 499 g/mol. The van der Waals surface area contributed by atoms with Crippen molar-refractivity contribution in [3.8, 4) is 0 Å². The summed E-state index contributed by atoms with van der Waals surface area (Å²) >= 11 is 1.13. The number of halogens is 3. The molecular weight excluding hydrogens is 483 g/mol. The Bertz CT molecular complexity index is 1280. The number of aromatic nitrogens is 1. The third-order valence-electron chi connectivity index (χ3n) is 4.14. The van der Waals surface area contributed by atoms with Gasteiger partial charge in [-0.3, -0.25) is 14.5 Å². The summed E-state index contributed by atoms with van der Waals surface area (Å²) < 4.78 is 70.8. The quantitative estimate of drug-likeness (QED) is 0.377. The van der Waals surface area contributed by atoms with Crippen LogP contribution in [0, 0.1) is 17.5 Å². The lowest BCUT2D eigenvalue weighted by atomic mass is 10.3. The third-order valence-corrected chi connectivity index (χ3v) is 6.43. The zero-order valence-electron chi connectivity index (χ0n) is 16.9. The summed E-state index contributed by atoms with van der Waals surface area (Å²) in [7, 11) is -4.65. The van der Waals surface area contributed by atoms with E-state index in [4.69, 9.17) is 4.74 Å². The van der Waals surface area contributed by atoms with Gasteiger partial charge in [0.25, 0.3) is 0 Å². The van der Waals surface area contributed by atoms with Gasteiger partial charge in [0.05, 0.1) is 11.4 Å². The highest BCUT2D eigenvalue weighted by molar-refractivity contribution is 7.89. The number of para-hydroxylation sites is 1. The van der Waals surface area contributed by atoms with Gasteiger partial charge < -0.3 is 4.74 Å². The van der Waals surface area contributed by atoms with Gasteiger partial charge in [0.1, 0.15) is 18.0 Å². The fourth-order valence-electron chi connectivity index (χ4n) is 2.62. The van der Waals surface area contributed by atoms with Crippen molar-refractivity contribution in [3.05, 3.63) is 71.0 Å². The molecule has 3 rings (SSSR count). The average molecular weight is 499 g/mol. The fourth-order valence-corrected chi connectivity index (χ4v) is 4.53. The topological polar surface area (TPSA) is 106 Å². The van der Waals surface area contributed by atoms with Crippen molar-refractivity contribution in [1.82, 2.24) is 9.71 Å². The summed E-state index contributed by atoms with van der Waals surface area (Å²) in [5, 5.41) is 1.90. The maximum atomic E-state index is 13.7. The van der Waals surface area contributed by atoms with E-state index in [9.17, 15) is 31.2 Å². The molecule has 0 bridgehead atoms. The largest absolute Gasteiger partial charge is 0.458 e. The Balaban J connectivity index is 1.60. The van der Waals surface area contributed by atoms with E-state index in [-0.39, 0.29) is 12.5 Å². The number of rotatable bonds is 8. The molecule has 0 saturated heterocycles. The minimum Gasteiger partial charge on any atom is -0.458 e. The molecule has 0 aliphatic heterocycles. The van der Waals surface area contributed by atoms with E-state index in [1.165, 1.54) is 11.8 Å². The highest BCUT2D eigenvalue weighted by atomic mass is 32.2. The lowest BCUT2D eigenvalue weighted by Crippen LogP contribution is -2.31. The summed E-state index contributed by atoms with van der Waals surface area (Å²) in [6, 6.07) is 9.75. The van der Waals surface area contributed by atoms with Crippen molar-refractivity contribution in [2.24, 2.45) is 0 Å². The highest BCUT2D eigenvalue weighted by Crippen LogP contribution is 2.29. The summed E-state index contributed by atoms with van der Waals surface area (Å²) in [6.07, 6.45) is 0. The van der Waals surface area contributed by atoms with Crippen LogP contribution in [-0.2, 0) is 31.0 Å². The number of anilines is 2. The minimum atomic E-state index is -4.65. The van der Waals surface area contributed by atoms with Crippen LogP contribution in [0.3, 0.4) is 0 Å². The van der Waals surface area contributed by atoms with Crippen molar-refractivity contribution >= 4 is 44.1 Å². The van der Waals surface area contributed by atoms with Crippen LogP contribution in [0.5, 0.6) is 0 Å². The van der Waals surface area contributed by atoms with Crippen molar-refractivity contribution < 1.29 is 35.9 Å². The molecule has 8 nitrogen and oxygen atoms in total. The van der Waals surface area contributed by atoms with E-state index in [0.29, 0.717) is 28.6 Å². The number of hydrogen-bond donors (Lipinski definition) is 1. The van der Waals surface area contributed by atoms with Crippen molar-refractivity contribution in [3.63, 3.8) is 0 Å². The van der Waals surface area contributed by atoms with Crippen LogP contribution < -0.4 is 9.62 Å². The molecule has 1 heterocycles. The lowest BCUT2D eigenvalue weighted by molar-refractivity contribution is -0.143. The van der Waals surface area contributed by atoms with Gasteiger partial charge in [-0.15, -0.1) is 11.3 Å². The number of nitrogens with zero attached hydrogens (tertiary/aromatic N) is 2. The van der Waals surface area contributed by atoms with Crippen LogP contribution in [0.15, 0.2) is 52.7 Å². The SMILES string of the molecule is CC(=O)N(c1ccccc1)c1nc(COC(=O)CNS(=O)(=O)c2ccc(F)c(F)c2F)cs1. The Morgan fingerprint density at radius 1 is 1.09 bits per heavy atom. The van der Waals surface area contributed by atoms with Gasteiger partial charge in [0.15, 0.2) is 22.6 Å². The standard InChI is InChI=1S/C20H16F3N3O5S2/c1-12(27)26(14-5-3-2-4-6-14)20-25-13(11-32-20)10-31-17(28)9-24-33(29,30)16-8-7-15(21)18(22)19(16)23/h2-8,11,24H,9-10H2,1H3. The number of carbonyl (C=O) groups is 2. The van der Waals surface area contributed by atoms with Crippen LogP contribution in [0.1, 0.15) is 12.6 Å². The van der Waals surface area contributed by atoms with Crippen molar-refractivity contribution in [2.45, 2.75) is 18.4 Å². The Hall–Kier alpha value is -3.29. The molecule has 0 atom stereocenters. The maximum Gasteiger partial charge on any atom is 0.321 e. The second-order valence-corrected chi connectivity index (χ2v) is 9.04. The van der Waals surface area contributed by atoms with Crippen molar-refractivity contribution in [2.75, 3.05) is 11.4 Å². The van der Waals surface area contributed by atoms with Gasteiger partial charge in [-0.25, -0.2) is 26.6 Å². The van der Waals surface area contributed by atoms with Crippen LogP contribution >= 0.6 is 11.3 Å². The molecule has 0 aliphatic carbocycles. The molecule has 13 heteroatoms. The van der Waals surface area contributed by atoms with E-state index >= 15 is 0 Å². The highest BCUT2D eigenvalue weighted by Gasteiger charge is 2.25. The first kappa shape index (κ1) is 24.4. The molecule has 0 spiro atoms. The zero-order chi connectivity index (χ0) is 24.2. The zero-order valence-corrected chi connectivity index (χ0v) is 18.6. The molecule has 0 unspecified atom stereocenters. The summed E-state index contributed by atoms with van der Waals surface area (Å²) in [5.41, 5.74) is 0.904. The number of carbonyl (C=O) groups excluding carboxylic acids is 2. The predicted octanol–water partition coefficient (Wildman–Crippen LogP) is 3.27. The first-order valence-electron chi connectivity index (χ1n) is 9.19. The van der Waals surface area contributed by atoms with Crippen LogP contribution in [-0.4, -0.2) is 31.8 Å². The van der Waals surface area contributed by atoms with Crippen LogP contribution in [0.4, 0.5) is 24.0 Å². The molecule has 0 aliphatic rings. The van der Waals surface area contributed by atoms with E-state index in [1.54, 1.807) is 40.4 Å². The molecule has 3 aromatic rings. The van der Waals surface area contributed by atoms with Gasteiger partial charge in [0, 0.05) is 12.3 Å². The number of ether oxygens (including phenoxy) is 1. The van der Waals surface area contributed by atoms with Gasteiger partial charge in [-0.2, -0.15) is 4.72 Å². The molecule has 33 heavy (non-hydrogen) atoms. The first-order chi connectivity index (χ1) is 15.6. The van der Waals surface area contributed by atoms with Crippen molar-refractivity contribution in [1.29, 1.82) is 0 Å². The molecule has 1 amide bonds. The molecule has 2 aromatic carbocycles. The smallest absolute Gasteiger partial charge is 0.321 e. The average Bonchev–Trinajstić information content (AvgIpc) is 3.23. The fraction of sp³-hybridized carbons (Fsp3) is 0.150. The molecular formula is C20H16F3N3O5S2. The summed E-state index contributed by atoms with van der Waals surface area (Å²) in [5.74, 6) is -6.71. The molecule has 1 N–H and O–H groups in total.